The van der Waals surface area contributed by atoms with Gasteiger partial charge in [-0.2, -0.15) is 5.26 Å². The van der Waals surface area contributed by atoms with E-state index in [2.05, 4.69) is 11.4 Å². The maximum absolute atomic E-state index is 11.1. The summed E-state index contributed by atoms with van der Waals surface area (Å²) in [6, 6.07) is 23.7. The van der Waals surface area contributed by atoms with Crippen molar-refractivity contribution in [1.29, 1.82) is 5.26 Å². The molecule has 24 heavy (non-hydrogen) atoms. The molecule has 0 aromatic heterocycles. The first-order chi connectivity index (χ1) is 11.7. The van der Waals surface area contributed by atoms with Crippen molar-refractivity contribution in [1.82, 2.24) is 0 Å². The van der Waals surface area contributed by atoms with Gasteiger partial charge in [0.05, 0.1) is 11.6 Å². The molecule has 0 bridgehead atoms. The lowest BCUT2D eigenvalue weighted by atomic mass is 9.97. The van der Waals surface area contributed by atoms with Crippen molar-refractivity contribution in [3.8, 4) is 6.07 Å². The summed E-state index contributed by atoms with van der Waals surface area (Å²) in [4.78, 5) is 11.1. The van der Waals surface area contributed by atoms with Crippen molar-refractivity contribution in [2.24, 2.45) is 0 Å². The molecule has 0 aliphatic rings. The van der Waals surface area contributed by atoms with Gasteiger partial charge in [0.25, 0.3) is 0 Å². The van der Waals surface area contributed by atoms with E-state index in [0.29, 0.717) is 5.57 Å². The highest BCUT2D eigenvalue weighted by molar-refractivity contribution is 6.01. The zero-order valence-electron chi connectivity index (χ0n) is 13.3. The van der Waals surface area contributed by atoms with Crippen LogP contribution in [0.3, 0.4) is 0 Å². The van der Waals surface area contributed by atoms with Crippen molar-refractivity contribution in [3.05, 3.63) is 77.9 Å². The summed E-state index contributed by atoms with van der Waals surface area (Å²) in [5.74, 6) is -0.105. The number of hydrogen-bond acceptors (Lipinski definition) is 2. The molecule has 0 saturated carbocycles. The fourth-order valence-electron chi connectivity index (χ4n) is 2.66. The average Bonchev–Trinajstić information content (AvgIpc) is 2.60. The predicted molar refractivity (Wildman–Crippen MR) is 98.2 cm³/mol. The van der Waals surface area contributed by atoms with E-state index in [1.807, 2.05) is 72.8 Å². The van der Waals surface area contributed by atoms with Crippen LogP contribution in [0.5, 0.6) is 0 Å². The van der Waals surface area contributed by atoms with Crippen molar-refractivity contribution < 1.29 is 4.79 Å². The lowest BCUT2D eigenvalue weighted by Gasteiger charge is -2.06. The van der Waals surface area contributed by atoms with Gasteiger partial charge in [-0.1, -0.05) is 54.6 Å². The monoisotopic (exact) mass is 312 g/mol. The molecular weight excluding hydrogens is 296 g/mol. The molecule has 0 fully saturated rings. The van der Waals surface area contributed by atoms with E-state index < -0.39 is 0 Å². The van der Waals surface area contributed by atoms with Gasteiger partial charge < -0.3 is 5.32 Å². The van der Waals surface area contributed by atoms with Gasteiger partial charge in [0.2, 0.25) is 5.91 Å². The van der Waals surface area contributed by atoms with Crippen LogP contribution in [0.15, 0.2) is 66.7 Å². The van der Waals surface area contributed by atoms with Crippen molar-refractivity contribution >= 4 is 34.0 Å². The van der Waals surface area contributed by atoms with Crippen LogP contribution in [0.1, 0.15) is 18.1 Å². The smallest absolute Gasteiger partial charge is 0.221 e. The molecule has 0 spiro atoms. The lowest BCUT2D eigenvalue weighted by molar-refractivity contribution is -0.114. The molecule has 0 aliphatic carbocycles. The summed E-state index contributed by atoms with van der Waals surface area (Å²) in [6.45, 7) is 1.47. The van der Waals surface area contributed by atoms with Crippen LogP contribution in [0.25, 0.3) is 22.4 Å². The van der Waals surface area contributed by atoms with Crippen LogP contribution in [0.2, 0.25) is 0 Å². The van der Waals surface area contributed by atoms with E-state index in [1.165, 1.54) is 6.92 Å². The van der Waals surface area contributed by atoms with E-state index in [0.717, 1.165) is 27.6 Å². The van der Waals surface area contributed by atoms with E-state index in [4.69, 9.17) is 0 Å². The normalized spacial score (nSPS) is 11.1. The maximum Gasteiger partial charge on any atom is 0.221 e. The quantitative estimate of drug-likeness (QED) is 0.554. The topological polar surface area (TPSA) is 52.9 Å². The number of nitrogens with zero attached hydrogens (tertiary/aromatic N) is 1. The van der Waals surface area contributed by atoms with Crippen LogP contribution < -0.4 is 5.32 Å². The van der Waals surface area contributed by atoms with E-state index in [1.54, 1.807) is 0 Å². The number of hydrogen-bond donors (Lipinski definition) is 1. The van der Waals surface area contributed by atoms with E-state index in [-0.39, 0.29) is 5.91 Å². The fourth-order valence-corrected chi connectivity index (χ4v) is 2.66. The lowest BCUT2D eigenvalue weighted by Crippen LogP contribution is -2.05. The second kappa shape index (κ2) is 6.80. The first-order valence-corrected chi connectivity index (χ1v) is 7.65. The first kappa shape index (κ1) is 15.5. The van der Waals surface area contributed by atoms with E-state index >= 15 is 0 Å². The number of nitrogens with one attached hydrogen (secondary N) is 1. The first-order valence-electron chi connectivity index (χ1n) is 7.65. The van der Waals surface area contributed by atoms with Crippen LogP contribution in [-0.2, 0) is 4.79 Å². The van der Waals surface area contributed by atoms with Gasteiger partial charge in [0, 0.05) is 18.2 Å². The molecule has 3 rings (SSSR count). The molecule has 116 valence electrons. The summed E-state index contributed by atoms with van der Waals surface area (Å²) < 4.78 is 0. The molecule has 0 heterocycles. The molecule has 1 N–H and O–H groups in total. The summed E-state index contributed by atoms with van der Waals surface area (Å²) in [6.07, 6.45) is 1.86. The number of allylic oxidation sites excluding steroid dienone is 1. The Morgan fingerprint density at radius 1 is 1.00 bits per heavy atom. The number of fused-ring (bicyclic) bond motifs is 1. The van der Waals surface area contributed by atoms with Crippen molar-refractivity contribution in [2.45, 2.75) is 6.92 Å². The summed E-state index contributed by atoms with van der Waals surface area (Å²) >= 11 is 0. The molecule has 3 nitrogen and oxygen atoms in total. The standard InChI is InChI=1S/C21H16N2O/c1-15(24)23-19-11-9-16(10-12-19)13-18(14-22)21-8-4-6-17-5-2-3-7-20(17)21/h2-13H,1H3,(H,23,24)/b18-13+. The van der Waals surface area contributed by atoms with Gasteiger partial charge in [0.15, 0.2) is 0 Å². The Labute approximate surface area is 140 Å². The summed E-state index contributed by atoms with van der Waals surface area (Å²) in [5.41, 5.74) is 3.18. The zero-order valence-corrected chi connectivity index (χ0v) is 13.3. The van der Waals surface area contributed by atoms with Gasteiger partial charge in [-0.3, -0.25) is 4.79 Å². The number of rotatable bonds is 3. The molecule has 3 heteroatoms. The van der Waals surface area contributed by atoms with Crippen LogP contribution in [0, 0.1) is 11.3 Å². The highest BCUT2D eigenvalue weighted by atomic mass is 16.1. The number of nitriles is 1. The Balaban J connectivity index is 2.00. The highest BCUT2D eigenvalue weighted by Gasteiger charge is 2.06. The Hall–Kier alpha value is -3.38. The van der Waals surface area contributed by atoms with Gasteiger partial charge in [-0.05, 0) is 34.5 Å². The molecular formula is C21H16N2O. The second-order valence-corrected chi connectivity index (χ2v) is 5.50. The molecule has 3 aromatic carbocycles. The number of amides is 1. The molecule has 0 atom stereocenters. The third-order valence-corrected chi connectivity index (χ3v) is 3.74. The van der Waals surface area contributed by atoms with Crippen LogP contribution >= 0.6 is 0 Å². The minimum atomic E-state index is -0.105. The largest absolute Gasteiger partial charge is 0.326 e. The summed E-state index contributed by atoms with van der Waals surface area (Å²) in [5, 5.41) is 14.5. The molecule has 0 unspecified atom stereocenters. The van der Waals surface area contributed by atoms with Crippen molar-refractivity contribution in [3.63, 3.8) is 0 Å². The van der Waals surface area contributed by atoms with Gasteiger partial charge in [-0.15, -0.1) is 0 Å². The molecule has 3 aromatic rings. The van der Waals surface area contributed by atoms with Gasteiger partial charge >= 0.3 is 0 Å². The average molecular weight is 312 g/mol. The van der Waals surface area contributed by atoms with E-state index in [9.17, 15) is 10.1 Å². The van der Waals surface area contributed by atoms with Crippen LogP contribution in [-0.4, -0.2) is 5.91 Å². The molecule has 0 radical (unpaired) electrons. The molecule has 0 aliphatic heterocycles. The minimum Gasteiger partial charge on any atom is -0.326 e. The predicted octanol–water partition coefficient (Wildman–Crippen LogP) is 4.86. The maximum atomic E-state index is 11.1. The number of carbonyl (C=O) groups is 1. The Morgan fingerprint density at radius 3 is 2.42 bits per heavy atom. The van der Waals surface area contributed by atoms with Crippen LogP contribution in [0.4, 0.5) is 5.69 Å². The third kappa shape index (κ3) is 3.34. The third-order valence-electron chi connectivity index (χ3n) is 3.74. The van der Waals surface area contributed by atoms with Gasteiger partial charge in [-0.25, -0.2) is 0 Å². The fraction of sp³-hybridized carbons (Fsp3) is 0.0476. The zero-order chi connectivity index (χ0) is 16.9. The minimum absolute atomic E-state index is 0.105. The Morgan fingerprint density at radius 2 is 1.71 bits per heavy atom. The number of carbonyl (C=O) groups excluding carboxylic acids is 1. The van der Waals surface area contributed by atoms with Gasteiger partial charge in [0.1, 0.15) is 0 Å². The molecule has 0 saturated heterocycles. The van der Waals surface area contributed by atoms with Crippen molar-refractivity contribution in [2.75, 3.05) is 5.32 Å². The second-order valence-electron chi connectivity index (χ2n) is 5.50. The summed E-state index contributed by atoms with van der Waals surface area (Å²) in [7, 11) is 0. The number of anilines is 1. The Kier molecular flexibility index (Phi) is 4.40. The number of benzene rings is 3. The highest BCUT2D eigenvalue weighted by Crippen LogP contribution is 2.26. The Bertz CT molecular complexity index is 958. The SMILES string of the molecule is CC(=O)Nc1ccc(/C=C(\C#N)c2cccc3ccccc23)cc1. The molecule has 1 amide bonds.